The van der Waals surface area contributed by atoms with Crippen LogP contribution in [0.1, 0.15) is 5.56 Å². The van der Waals surface area contributed by atoms with Crippen molar-refractivity contribution >= 4 is 5.97 Å². The van der Waals surface area contributed by atoms with Crippen molar-refractivity contribution in [3.05, 3.63) is 23.8 Å². The number of carboxylic acid groups (broad SMARTS) is 1. The highest BCUT2D eigenvalue weighted by Crippen LogP contribution is 2.24. The van der Waals surface area contributed by atoms with Gasteiger partial charge in [0.25, 0.3) is 0 Å². The number of rotatable bonds is 0. The molecule has 3 N–H and O–H groups in total. The number of carboxylic acids is 1. The summed E-state index contributed by atoms with van der Waals surface area (Å²) in [6.07, 6.45) is 0. The molecule has 0 atom stereocenters. The van der Waals surface area contributed by atoms with Crippen molar-refractivity contribution in [3.8, 4) is 23.3 Å². The van der Waals surface area contributed by atoms with E-state index in [0.717, 1.165) is 0 Å². The van der Waals surface area contributed by atoms with Crippen molar-refractivity contribution in [3.63, 3.8) is 0 Å². The van der Waals surface area contributed by atoms with Gasteiger partial charge in [0.05, 0.1) is 0 Å². The van der Waals surface area contributed by atoms with Gasteiger partial charge in [-0.25, -0.2) is 4.79 Å². The molecule has 0 aliphatic rings. The summed E-state index contributed by atoms with van der Waals surface area (Å²) in [5.74, 6) is 2.35. The van der Waals surface area contributed by atoms with Crippen LogP contribution in [0.3, 0.4) is 0 Å². The number of aromatic hydroxyl groups is 2. The van der Waals surface area contributed by atoms with Crippen LogP contribution in [0.2, 0.25) is 0 Å². The van der Waals surface area contributed by atoms with Crippen molar-refractivity contribution in [1.82, 2.24) is 0 Å². The van der Waals surface area contributed by atoms with Crippen molar-refractivity contribution in [1.29, 1.82) is 0 Å². The Morgan fingerprint density at radius 2 is 1.92 bits per heavy atom. The Bertz CT molecular complexity index is 398. The molecule has 0 spiro atoms. The molecule has 0 aromatic heterocycles. The molecular formula is C9H6O4. The third kappa shape index (κ3) is 2.42. The third-order valence-corrected chi connectivity index (χ3v) is 1.29. The smallest absolute Gasteiger partial charge is 0.382 e. The second-order valence-electron chi connectivity index (χ2n) is 2.26. The molecule has 0 aliphatic heterocycles. The summed E-state index contributed by atoms with van der Waals surface area (Å²) in [5, 5.41) is 26.1. The van der Waals surface area contributed by atoms with Gasteiger partial charge in [0, 0.05) is 11.5 Å². The maximum absolute atomic E-state index is 10.0. The molecule has 4 heteroatoms. The molecular weight excluding hydrogens is 172 g/mol. The van der Waals surface area contributed by atoms with Crippen LogP contribution in [0.25, 0.3) is 0 Å². The summed E-state index contributed by atoms with van der Waals surface area (Å²) in [6, 6.07) is 3.83. The summed E-state index contributed by atoms with van der Waals surface area (Å²) in [5.41, 5.74) is 0.331. The van der Waals surface area contributed by atoms with Crippen LogP contribution in [0.15, 0.2) is 18.2 Å². The van der Waals surface area contributed by atoms with Crippen LogP contribution < -0.4 is 0 Å². The fourth-order valence-electron chi connectivity index (χ4n) is 0.727. The Labute approximate surface area is 74.1 Å². The highest BCUT2D eigenvalue weighted by Gasteiger charge is 1.97. The molecule has 4 nitrogen and oxygen atoms in total. The molecule has 0 amide bonds. The molecule has 0 saturated carbocycles. The van der Waals surface area contributed by atoms with E-state index >= 15 is 0 Å². The number of phenolic OH excluding ortho intramolecular Hbond substituents is 2. The van der Waals surface area contributed by atoms with Gasteiger partial charge in [-0.15, -0.1) is 0 Å². The lowest BCUT2D eigenvalue weighted by Crippen LogP contribution is -1.86. The average molecular weight is 178 g/mol. The number of hydrogen-bond donors (Lipinski definition) is 3. The first-order valence-corrected chi connectivity index (χ1v) is 3.36. The zero-order chi connectivity index (χ0) is 9.84. The lowest BCUT2D eigenvalue weighted by atomic mass is 10.2. The largest absolute Gasteiger partial charge is 0.504 e. The van der Waals surface area contributed by atoms with Crippen molar-refractivity contribution < 1.29 is 20.1 Å². The number of hydrogen-bond acceptors (Lipinski definition) is 3. The molecule has 0 aliphatic carbocycles. The maximum atomic E-state index is 10.0. The van der Waals surface area contributed by atoms with Crippen LogP contribution in [-0.2, 0) is 4.79 Å². The van der Waals surface area contributed by atoms with E-state index < -0.39 is 5.97 Å². The van der Waals surface area contributed by atoms with Gasteiger partial charge in [-0.1, -0.05) is 5.92 Å². The van der Waals surface area contributed by atoms with Gasteiger partial charge in [0.15, 0.2) is 11.5 Å². The molecule has 1 aromatic carbocycles. The summed E-state index contributed by atoms with van der Waals surface area (Å²) >= 11 is 0. The van der Waals surface area contributed by atoms with Gasteiger partial charge < -0.3 is 15.3 Å². The Balaban J connectivity index is 3.00. The van der Waals surface area contributed by atoms with Gasteiger partial charge in [0.1, 0.15) is 0 Å². The second kappa shape index (κ2) is 3.50. The van der Waals surface area contributed by atoms with E-state index in [0.29, 0.717) is 5.56 Å². The molecule has 1 aromatic rings. The number of carbonyl (C=O) groups is 1. The lowest BCUT2D eigenvalue weighted by Gasteiger charge is -1.95. The number of phenols is 2. The minimum Gasteiger partial charge on any atom is -0.504 e. The standard InChI is InChI=1S/C9H6O4/c10-7-3-1-6(5-8(7)11)2-4-9(12)13/h1,3,5,10-11H,(H,12,13). The Kier molecular flexibility index (Phi) is 2.41. The van der Waals surface area contributed by atoms with Gasteiger partial charge in [0.2, 0.25) is 0 Å². The van der Waals surface area contributed by atoms with Gasteiger partial charge in [-0.2, -0.15) is 0 Å². The van der Waals surface area contributed by atoms with E-state index in [4.69, 9.17) is 15.3 Å². The highest BCUT2D eigenvalue weighted by molar-refractivity contribution is 5.87. The molecule has 0 unspecified atom stereocenters. The molecule has 13 heavy (non-hydrogen) atoms. The molecule has 66 valence electrons. The first kappa shape index (κ1) is 8.94. The van der Waals surface area contributed by atoms with Crippen LogP contribution >= 0.6 is 0 Å². The predicted octanol–water partition coefficient (Wildman–Crippen LogP) is 0.534. The molecule has 0 heterocycles. The molecule has 0 radical (unpaired) electrons. The maximum Gasteiger partial charge on any atom is 0.382 e. The van der Waals surface area contributed by atoms with Crippen LogP contribution in [0, 0.1) is 11.8 Å². The topological polar surface area (TPSA) is 77.8 Å². The Morgan fingerprint density at radius 1 is 1.23 bits per heavy atom. The fourth-order valence-corrected chi connectivity index (χ4v) is 0.727. The fraction of sp³-hybridized carbons (Fsp3) is 0. The van der Waals surface area contributed by atoms with E-state index in [-0.39, 0.29) is 11.5 Å². The zero-order valence-electron chi connectivity index (χ0n) is 6.48. The van der Waals surface area contributed by atoms with Gasteiger partial charge in [-0.05, 0) is 18.2 Å². The Morgan fingerprint density at radius 3 is 2.46 bits per heavy atom. The Hall–Kier alpha value is -2.15. The summed E-state index contributed by atoms with van der Waals surface area (Å²) < 4.78 is 0. The first-order chi connectivity index (χ1) is 6.09. The van der Waals surface area contributed by atoms with E-state index in [1.165, 1.54) is 18.2 Å². The normalized spacial score (nSPS) is 8.62. The summed E-state index contributed by atoms with van der Waals surface area (Å²) in [6.45, 7) is 0. The minimum absolute atomic E-state index is 0.263. The van der Waals surface area contributed by atoms with Crippen molar-refractivity contribution in [2.24, 2.45) is 0 Å². The van der Waals surface area contributed by atoms with Crippen molar-refractivity contribution in [2.45, 2.75) is 0 Å². The summed E-state index contributed by atoms with van der Waals surface area (Å²) in [7, 11) is 0. The zero-order valence-corrected chi connectivity index (χ0v) is 6.48. The SMILES string of the molecule is O=C(O)C#Cc1ccc(O)c(O)c1. The second-order valence-corrected chi connectivity index (χ2v) is 2.26. The molecule has 1 rings (SSSR count). The van der Waals surface area contributed by atoms with E-state index in [1.54, 1.807) is 0 Å². The van der Waals surface area contributed by atoms with Crippen molar-refractivity contribution in [2.75, 3.05) is 0 Å². The first-order valence-electron chi connectivity index (χ1n) is 3.36. The van der Waals surface area contributed by atoms with Crippen LogP contribution in [0.5, 0.6) is 11.5 Å². The monoisotopic (exact) mass is 178 g/mol. The average Bonchev–Trinajstić information content (AvgIpc) is 2.07. The van der Waals surface area contributed by atoms with E-state index in [2.05, 4.69) is 5.92 Å². The third-order valence-electron chi connectivity index (χ3n) is 1.29. The van der Waals surface area contributed by atoms with E-state index in [1.807, 2.05) is 5.92 Å². The lowest BCUT2D eigenvalue weighted by molar-refractivity contribution is -0.130. The number of aliphatic carboxylic acids is 1. The van der Waals surface area contributed by atoms with Gasteiger partial charge in [-0.3, -0.25) is 0 Å². The molecule has 0 fully saturated rings. The molecule has 0 bridgehead atoms. The van der Waals surface area contributed by atoms with E-state index in [9.17, 15) is 4.79 Å². The highest BCUT2D eigenvalue weighted by atomic mass is 16.4. The molecule has 0 saturated heterocycles. The quantitative estimate of drug-likeness (QED) is 0.400. The summed E-state index contributed by atoms with van der Waals surface area (Å²) in [4.78, 5) is 10.0. The number of benzene rings is 1. The predicted molar refractivity (Wildman–Crippen MR) is 44.3 cm³/mol. The van der Waals surface area contributed by atoms with Gasteiger partial charge >= 0.3 is 5.97 Å². The van der Waals surface area contributed by atoms with Crippen LogP contribution in [-0.4, -0.2) is 21.3 Å². The van der Waals surface area contributed by atoms with Crippen LogP contribution in [0.4, 0.5) is 0 Å². The minimum atomic E-state index is -1.24.